The number of carbonyl (C=O) groups is 1. The predicted octanol–water partition coefficient (Wildman–Crippen LogP) is 1.30. The summed E-state index contributed by atoms with van der Waals surface area (Å²) in [6.07, 6.45) is -0.717. The summed E-state index contributed by atoms with van der Waals surface area (Å²) >= 11 is 17.5. The summed E-state index contributed by atoms with van der Waals surface area (Å²) in [4.78, 5) is 26.2. The van der Waals surface area contributed by atoms with Crippen LogP contribution >= 0.6 is 34.8 Å². The van der Waals surface area contributed by atoms with Crippen LogP contribution in [0.25, 0.3) is 0 Å². The van der Waals surface area contributed by atoms with Crippen LogP contribution in [0.15, 0.2) is 6.20 Å². The van der Waals surface area contributed by atoms with E-state index in [1.165, 1.54) is 4.57 Å². The molecule has 2 atom stereocenters. The van der Waals surface area contributed by atoms with Crippen LogP contribution < -0.4 is 10.6 Å². The number of hydrogen-bond acceptors (Lipinski definition) is 8. The number of aryl methyl sites for hydroxylation is 1. The second-order valence-corrected chi connectivity index (χ2v) is 10.7. The first kappa shape index (κ1) is 22.9. The highest BCUT2D eigenvalue weighted by molar-refractivity contribution is 7.91. The zero-order chi connectivity index (χ0) is 21.1. The number of carbonyl (C=O) groups excluding carboxylic acids is 1. The molecule has 2 rings (SSSR count). The second-order valence-electron chi connectivity index (χ2n) is 6.09. The Morgan fingerprint density at radius 1 is 1.54 bits per heavy atom. The Kier molecular flexibility index (Phi) is 7.37. The SMILES string of the molecule is Cc1ncc([N+](=O)[O-])n1CCOC(=O)NC(NC1CCS(=O)(=O)C1)C(Cl)(Cl)Cl. The van der Waals surface area contributed by atoms with Gasteiger partial charge in [-0.3, -0.25) is 5.32 Å². The number of amides is 1. The number of nitro groups is 1. The Bertz CT molecular complexity index is 840. The van der Waals surface area contributed by atoms with E-state index in [1.54, 1.807) is 6.92 Å². The Morgan fingerprint density at radius 3 is 2.75 bits per heavy atom. The molecule has 0 aliphatic carbocycles. The van der Waals surface area contributed by atoms with Crippen LogP contribution in [-0.2, 0) is 21.1 Å². The number of ether oxygens (including phenoxy) is 1. The molecule has 0 saturated carbocycles. The van der Waals surface area contributed by atoms with Crippen LogP contribution in [0, 0.1) is 17.0 Å². The number of nitrogens with zero attached hydrogens (tertiary/aromatic N) is 3. The van der Waals surface area contributed by atoms with Gasteiger partial charge in [-0.05, 0) is 11.3 Å². The van der Waals surface area contributed by atoms with E-state index in [2.05, 4.69) is 15.6 Å². The van der Waals surface area contributed by atoms with Gasteiger partial charge in [-0.25, -0.2) is 22.8 Å². The fraction of sp³-hybridized carbons (Fsp3) is 0.692. The lowest BCUT2D eigenvalue weighted by Crippen LogP contribution is -2.56. The molecule has 1 aromatic heterocycles. The predicted molar refractivity (Wildman–Crippen MR) is 102 cm³/mol. The van der Waals surface area contributed by atoms with Crippen molar-refractivity contribution in [3.8, 4) is 0 Å². The van der Waals surface area contributed by atoms with Gasteiger partial charge in [-0.1, -0.05) is 34.8 Å². The molecule has 28 heavy (non-hydrogen) atoms. The number of imidazole rings is 1. The summed E-state index contributed by atoms with van der Waals surface area (Å²) < 4.78 is 27.4. The number of alkyl halides is 3. The summed E-state index contributed by atoms with van der Waals surface area (Å²) in [6.45, 7) is 1.38. The number of nitrogens with one attached hydrogen (secondary N) is 2. The van der Waals surface area contributed by atoms with Crippen molar-refractivity contribution in [2.45, 2.75) is 35.9 Å². The molecule has 1 aliphatic heterocycles. The highest BCUT2D eigenvalue weighted by atomic mass is 35.6. The van der Waals surface area contributed by atoms with Crippen LogP contribution in [0.3, 0.4) is 0 Å². The van der Waals surface area contributed by atoms with Gasteiger partial charge in [0.25, 0.3) is 0 Å². The molecular formula is C13H18Cl3N5O6S. The van der Waals surface area contributed by atoms with E-state index in [-0.39, 0.29) is 30.5 Å². The average Bonchev–Trinajstić information content (AvgIpc) is 3.08. The lowest BCUT2D eigenvalue weighted by Gasteiger charge is -2.28. The number of rotatable bonds is 7. The van der Waals surface area contributed by atoms with Crippen LogP contribution in [0.5, 0.6) is 0 Å². The average molecular weight is 479 g/mol. The van der Waals surface area contributed by atoms with E-state index in [4.69, 9.17) is 39.5 Å². The Balaban J connectivity index is 1.90. The largest absolute Gasteiger partial charge is 0.445 e. The second kappa shape index (κ2) is 8.99. The van der Waals surface area contributed by atoms with Crippen molar-refractivity contribution < 1.29 is 22.9 Å². The van der Waals surface area contributed by atoms with Gasteiger partial charge in [0.2, 0.25) is 3.79 Å². The number of aromatic nitrogens is 2. The Hall–Kier alpha value is -1.34. The molecule has 1 aromatic rings. The summed E-state index contributed by atoms with van der Waals surface area (Å²) in [5.74, 6) is 0.0266. The summed E-state index contributed by atoms with van der Waals surface area (Å²) in [5, 5.41) is 16.0. The molecule has 0 spiro atoms. The third kappa shape index (κ3) is 6.34. The maximum Gasteiger partial charge on any atom is 0.408 e. The van der Waals surface area contributed by atoms with Gasteiger partial charge in [0.15, 0.2) is 15.7 Å². The number of sulfone groups is 1. The molecule has 158 valence electrons. The van der Waals surface area contributed by atoms with Gasteiger partial charge >= 0.3 is 11.9 Å². The Morgan fingerprint density at radius 2 is 2.21 bits per heavy atom. The fourth-order valence-electron chi connectivity index (χ4n) is 2.65. The molecular weight excluding hydrogens is 461 g/mol. The van der Waals surface area contributed by atoms with Crippen molar-refractivity contribution >= 4 is 56.6 Å². The summed E-state index contributed by atoms with van der Waals surface area (Å²) in [5.41, 5.74) is 0. The minimum atomic E-state index is -3.17. The van der Waals surface area contributed by atoms with Crippen molar-refractivity contribution in [2.24, 2.45) is 0 Å². The minimum Gasteiger partial charge on any atom is -0.445 e. The van der Waals surface area contributed by atoms with E-state index < -0.39 is 36.9 Å². The first-order valence-corrected chi connectivity index (χ1v) is 11.0. The van der Waals surface area contributed by atoms with Crippen LogP contribution in [0.1, 0.15) is 12.2 Å². The van der Waals surface area contributed by atoms with Gasteiger partial charge in [-0.2, -0.15) is 0 Å². The monoisotopic (exact) mass is 477 g/mol. The van der Waals surface area contributed by atoms with E-state index >= 15 is 0 Å². The zero-order valence-electron chi connectivity index (χ0n) is 14.6. The first-order chi connectivity index (χ1) is 12.9. The molecule has 2 heterocycles. The third-order valence-corrected chi connectivity index (χ3v) is 6.42. The molecule has 0 bridgehead atoms. The normalized spacial score (nSPS) is 19.9. The first-order valence-electron chi connectivity index (χ1n) is 8.02. The van der Waals surface area contributed by atoms with Gasteiger partial charge in [0.05, 0.1) is 11.5 Å². The van der Waals surface area contributed by atoms with Crippen LogP contribution in [-0.4, -0.2) is 63.1 Å². The topological polar surface area (TPSA) is 145 Å². The zero-order valence-corrected chi connectivity index (χ0v) is 17.7. The molecule has 15 heteroatoms. The molecule has 1 saturated heterocycles. The molecule has 1 amide bonds. The lowest BCUT2D eigenvalue weighted by molar-refractivity contribution is -0.392. The van der Waals surface area contributed by atoms with E-state index in [0.29, 0.717) is 12.2 Å². The number of halogens is 3. The molecule has 1 aliphatic rings. The molecule has 0 aromatic carbocycles. The van der Waals surface area contributed by atoms with Gasteiger partial charge < -0.3 is 20.2 Å². The van der Waals surface area contributed by atoms with Crippen LogP contribution in [0.4, 0.5) is 10.6 Å². The smallest absolute Gasteiger partial charge is 0.408 e. The van der Waals surface area contributed by atoms with E-state index in [0.717, 1.165) is 6.20 Å². The molecule has 2 N–H and O–H groups in total. The van der Waals surface area contributed by atoms with Crippen molar-refractivity contribution in [3.05, 3.63) is 22.1 Å². The molecule has 2 unspecified atom stereocenters. The van der Waals surface area contributed by atoms with E-state index in [9.17, 15) is 23.3 Å². The highest BCUT2D eigenvalue weighted by Crippen LogP contribution is 2.30. The standard InChI is InChI=1S/C13H18Cl3N5O6S/c1-8-17-6-10(21(23)24)20(8)3-4-27-12(22)19-11(13(14,15)16)18-9-2-5-28(25,26)7-9/h6,9,11,18H,2-5,7H2,1H3,(H,19,22). The fourth-order valence-corrected chi connectivity index (χ4v) is 4.69. The van der Waals surface area contributed by atoms with Crippen molar-refractivity contribution in [3.63, 3.8) is 0 Å². The molecule has 0 radical (unpaired) electrons. The Labute approximate surface area is 175 Å². The maximum absolute atomic E-state index is 12.0. The van der Waals surface area contributed by atoms with Gasteiger partial charge in [-0.15, -0.1) is 0 Å². The highest BCUT2D eigenvalue weighted by Gasteiger charge is 2.38. The quantitative estimate of drug-likeness (QED) is 0.258. The van der Waals surface area contributed by atoms with E-state index in [1.807, 2.05) is 0 Å². The van der Waals surface area contributed by atoms with Crippen molar-refractivity contribution in [2.75, 3.05) is 18.1 Å². The van der Waals surface area contributed by atoms with Gasteiger partial charge in [0, 0.05) is 13.0 Å². The minimum absolute atomic E-state index is 0.00228. The molecule has 11 nitrogen and oxygen atoms in total. The summed E-state index contributed by atoms with van der Waals surface area (Å²) in [7, 11) is -3.17. The molecule has 1 fully saturated rings. The van der Waals surface area contributed by atoms with Gasteiger partial charge in [0.1, 0.15) is 25.5 Å². The van der Waals surface area contributed by atoms with Crippen molar-refractivity contribution in [1.82, 2.24) is 20.2 Å². The third-order valence-electron chi connectivity index (χ3n) is 3.99. The van der Waals surface area contributed by atoms with Crippen LogP contribution in [0.2, 0.25) is 0 Å². The maximum atomic E-state index is 12.0. The lowest BCUT2D eigenvalue weighted by atomic mass is 10.2. The number of hydrogen-bond donors (Lipinski definition) is 2. The summed E-state index contributed by atoms with van der Waals surface area (Å²) in [6, 6.07) is -0.484. The van der Waals surface area contributed by atoms with Crippen molar-refractivity contribution in [1.29, 1.82) is 0 Å². The number of alkyl carbamates (subject to hydrolysis) is 1.